The van der Waals surface area contributed by atoms with E-state index in [4.69, 9.17) is 15.9 Å². The van der Waals surface area contributed by atoms with Crippen molar-refractivity contribution in [3.63, 3.8) is 0 Å². The van der Waals surface area contributed by atoms with Crippen LogP contribution in [0.3, 0.4) is 0 Å². The van der Waals surface area contributed by atoms with E-state index in [9.17, 15) is 4.79 Å². The molecule has 88 valence electrons. The molecule has 0 aliphatic heterocycles. The molecule has 0 spiro atoms. The number of aromatic nitrogens is 2. The number of nitrogen functional groups attached to an aromatic ring is 1. The number of anilines is 1. The van der Waals surface area contributed by atoms with Crippen LogP contribution in [0.25, 0.3) is 0 Å². The van der Waals surface area contributed by atoms with E-state index >= 15 is 0 Å². The van der Waals surface area contributed by atoms with Crippen molar-refractivity contribution in [3.8, 4) is 0 Å². The van der Waals surface area contributed by atoms with Crippen molar-refractivity contribution in [2.24, 2.45) is 5.73 Å². The van der Waals surface area contributed by atoms with Gasteiger partial charge in [0.05, 0.1) is 23.1 Å². The second kappa shape index (κ2) is 4.46. The van der Waals surface area contributed by atoms with Gasteiger partial charge >= 0.3 is 0 Å². The zero-order valence-corrected chi connectivity index (χ0v) is 9.82. The zero-order valence-electron chi connectivity index (χ0n) is 9.01. The van der Waals surface area contributed by atoms with Gasteiger partial charge in [0.15, 0.2) is 0 Å². The van der Waals surface area contributed by atoms with Crippen LogP contribution in [-0.4, -0.2) is 15.9 Å². The minimum atomic E-state index is -0.588. The van der Waals surface area contributed by atoms with Crippen LogP contribution in [0.1, 0.15) is 16.1 Å². The SMILES string of the molecule is Cc1coc(Sc2cc(C(N)=O)c(N)cn2)n1. The van der Waals surface area contributed by atoms with Crippen molar-refractivity contribution in [1.82, 2.24) is 9.97 Å². The normalized spacial score (nSPS) is 10.4. The summed E-state index contributed by atoms with van der Waals surface area (Å²) >= 11 is 1.20. The number of hydrogen-bond acceptors (Lipinski definition) is 6. The van der Waals surface area contributed by atoms with Crippen LogP contribution in [0.5, 0.6) is 0 Å². The summed E-state index contributed by atoms with van der Waals surface area (Å²) in [5, 5.41) is 1.00. The largest absolute Gasteiger partial charge is 0.439 e. The van der Waals surface area contributed by atoms with Gasteiger partial charge in [-0.2, -0.15) is 0 Å². The Morgan fingerprint density at radius 1 is 1.53 bits per heavy atom. The lowest BCUT2D eigenvalue weighted by Crippen LogP contribution is -2.13. The molecule has 0 radical (unpaired) electrons. The van der Waals surface area contributed by atoms with Crippen LogP contribution in [0.2, 0.25) is 0 Å². The number of hydrogen-bond donors (Lipinski definition) is 2. The molecule has 6 nitrogen and oxygen atoms in total. The highest BCUT2D eigenvalue weighted by Crippen LogP contribution is 2.26. The molecule has 0 fully saturated rings. The van der Waals surface area contributed by atoms with E-state index in [1.54, 1.807) is 0 Å². The van der Waals surface area contributed by atoms with Crippen LogP contribution in [0, 0.1) is 6.92 Å². The van der Waals surface area contributed by atoms with Gasteiger partial charge in [-0.3, -0.25) is 4.79 Å². The van der Waals surface area contributed by atoms with Crippen LogP contribution >= 0.6 is 11.8 Å². The number of pyridine rings is 1. The average molecular weight is 250 g/mol. The van der Waals surface area contributed by atoms with Gasteiger partial charge in [0.25, 0.3) is 11.1 Å². The van der Waals surface area contributed by atoms with Crippen molar-refractivity contribution >= 4 is 23.4 Å². The summed E-state index contributed by atoms with van der Waals surface area (Å²) in [5.74, 6) is -0.588. The fourth-order valence-corrected chi connectivity index (χ4v) is 1.93. The van der Waals surface area contributed by atoms with Gasteiger partial charge in [-0.25, -0.2) is 9.97 Å². The van der Waals surface area contributed by atoms with E-state index in [1.807, 2.05) is 6.92 Å². The second-order valence-electron chi connectivity index (χ2n) is 3.33. The van der Waals surface area contributed by atoms with Crippen LogP contribution < -0.4 is 11.5 Å². The molecule has 0 bridgehead atoms. The number of nitrogens with two attached hydrogens (primary N) is 2. The third-order valence-corrected chi connectivity index (χ3v) is 2.76. The van der Waals surface area contributed by atoms with E-state index in [0.717, 1.165) is 5.69 Å². The molecule has 17 heavy (non-hydrogen) atoms. The lowest BCUT2D eigenvalue weighted by molar-refractivity contribution is 0.100. The first kappa shape index (κ1) is 11.5. The minimum Gasteiger partial charge on any atom is -0.439 e. The standard InChI is InChI=1S/C10H10N4O2S/c1-5-4-16-10(14-5)17-8-2-6(9(12)15)7(11)3-13-8/h2-4H,11H2,1H3,(H2,12,15). The Balaban J connectivity index is 2.28. The first-order valence-electron chi connectivity index (χ1n) is 4.71. The fraction of sp³-hybridized carbons (Fsp3) is 0.100. The van der Waals surface area contributed by atoms with Crippen LogP contribution in [0.4, 0.5) is 5.69 Å². The quantitative estimate of drug-likeness (QED) is 0.847. The Morgan fingerprint density at radius 2 is 2.29 bits per heavy atom. The Bertz CT molecular complexity index is 567. The lowest BCUT2D eigenvalue weighted by atomic mass is 10.2. The zero-order chi connectivity index (χ0) is 12.4. The lowest BCUT2D eigenvalue weighted by Gasteiger charge is -2.02. The Kier molecular flexibility index (Phi) is 3.01. The monoisotopic (exact) mass is 250 g/mol. The Hall–Kier alpha value is -2.02. The van der Waals surface area contributed by atoms with Crippen molar-refractivity contribution in [2.75, 3.05) is 5.73 Å². The molecular formula is C10H10N4O2S. The molecule has 0 aliphatic carbocycles. The summed E-state index contributed by atoms with van der Waals surface area (Å²) in [6.45, 7) is 1.82. The maximum absolute atomic E-state index is 11.1. The van der Waals surface area contributed by atoms with Crippen LogP contribution in [0.15, 0.2) is 33.2 Å². The number of nitrogens with zero attached hydrogens (tertiary/aromatic N) is 2. The van der Waals surface area contributed by atoms with Crippen molar-refractivity contribution < 1.29 is 9.21 Å². The molecule has 0 saturated heterocycles. The van der Waals surface area contributed by atoms with E-state index in [-0.39, 0.29) is 11.3 Å². The molecule has 0 aromatic carbocycles. The van der Waals surface area contributed by atoms with E-state index in [2.05, 4.69) is 9.97 Å². The number of amides is 1. The molecule has 7 heteroatoms. The highest BCUT2D eigenvalue weighted by Gasteiger charge is 2.10. The van der Waals surface area contributed by atoms with Crippen LogP contribution in [-0.2, 0) is 0 Å². The topological polar surface area (TPSA) is 108 Å². The maximum Gasteiger partial charge on any atom is 0.262 e. The first-order chi connectivity index (χ1) is 8.06. The predicted molar refractivity (Wildman–Crippen MR) is 62.5 cm³/mol. The first-order valence-corrected chi connectivity index (χ1v) is 5.53. The number of carbonyl (C=O) groups excluding carboxylic acids is 1. The second-order valence-corrected chi connectivity index (χ2v) is 4.30. The molecular weight excluding hydrogens is 240 g/mol. The number of rotatable bonds is 3. The number of oxazole rings is 1. The van der Waals surface area contributed by atoms with Gasteiger partial charge in [0, 0.05) is 0 Å². The molecule has 2 aromatic heterocycles. The van der Waals surface area contributed by atoms with Gasteiger partial charge in [-0.15, -0.1) is 0 Å². The molecule has 2 aromatic rings. The smallest absolute Gasteiger partial charge is 0.262 e. The summed E-state index contributed by atoms with van der Waals surface area (Å²) in [7, 11) is 0. The van der Waals surface area contributed by atoms with Crippen molar-refractivity contribution in [3.05, 3.63) is 29.8 Å². The summed E-state index contributed by atoms with van der Waals surface area (Å²) in [6, 6.07) is 1.52. The molecule has 4 N–H and O–H groups in total. The molecule has 2 rings (SSSR count). The third-order valence-electron chi connectivity index (χ3n) is 1.96. The predicted octanol–water partition coefficient (Wildman–Crippen LogP) is 1.21. The highest BCUT2D eigenvalue weighted by atomic mass is 32.2. The maximum atomic E-state index is 11.1. The fourth-order valence-electron chi connectivity index (χ4n) is 1.18. The van der Waals surface area contributed by atoms with Gasteiger partial charge in [-0.05, 0) is 24.8 Å². The van der Waals surface area contributed by atoms with Gasteiger partial charge < -0.3 is 15.9 Å². The summed E-state index contributed by atoms with van der Waals surface area (Å²) < 4.78 is 5.16. The third kappa shape index (κ3) is 2.56. The number of primary amides is 1. The Morgan fingerprint density at radius 3 is 2.88 bits per heavy atom. The van der Waals surface area contributed by atoms with Gasteiger partial charge in [0.1, 0.15) is 11.3 Å². The van der Waals surface area contributed by atoms with Crippen molar-refractivity contribution in [2.45, 2.75) is 17.2 Å². The molecule has 0 unspecified atom stereocenters. The highest BCUT2D eigenvalue weighted by molar-refractivity contribution is 7.99. The summed E-state index contributed by atoms with van der Waals surface area (Å²) in [4.78, 5) is 19.3. The molecule has 1 amide bonds. The molecule has 0 saturated carbocycles. The number of carbonyl (C=O) groups is 1. The van der Waals surface area contributed by atoms with Crippen molar-refractivity contribution in [1.29, 1.82) is 0 Å². The molecule has 0 atom stereocenters. The van der Waals surface area contributed by atoms with Gasteiger partial charge in [0.2, 0.25) is 0 Å². The van der Waals surface area contributed by atoms with Gasteiger partial charge in [-0.1, -0.05) is 0 Å². The van der Waals surface area contributed by atoms with E-state index in [0.29, 0.717) is 10.2 Å². The molecule has 0 aliphatic rings. The molecule has 2 heterocycles. The van der Waals surface area contributed by atoms with E-state index in [1.165, 1.54) is 30.3 Å². The number of aryl methyl sites for hydroxylation is 1. The summed E-state index contributed by atoms with van der Waals surface area (Å²) in [6.07, 6.45) is 2.92. The average Bonchev–Trinajstić information content (AvgIpc) is 2.66. The summed E-state index contributed by atoms with van der Waals surface area (Å²) in [5.41, 5.74) is 12.0. The minimum absolute atomic E-state index is 0.241. The Labute approximate surface area is 101 Å². The van der Waals surface area contributed by atoms with E-state index < -0.39 is 5.91 Å².